The van der Waals surface area contributed by atoms with Crippen LogP contribution in [0.4, 0.5) is 0 Å². The van der Waals surface area contributed by atoms with E-state index >= 15 is 0 Å². The van der Waals surface area contributed by atoms with Crippen molar-refractivity contribution >= 4 is 11.9 Å². The molecule has 3 rings (SSSR count). The number of hydrogen-bond acceptors (Lipinski definition) is 4. The largest absolute Gasteiger partial charge is 0.354 e. The summed E-state index contributed by atoms with van der Waals surface area (Å²) in [6.45, 7) is 9.68. The molecule has 2 aliphatic heterocycles. The van der Waals surface area contributed by atoms with Gasteiger partial charge in [0.1, 0.15) is 0 Å². The van der Waals surface area contributed by atoms with Gasteiger partial charge in [-0.1, -0.05) is 12.8 Å². The number of nitrogens with zero attached hydrogens (tertiary/aromatic N) is 6. The minimum atomic E-state index is 0.298. The second-order valence-electron chi connectivity index (χ2n) is 7.81. The molecule has 0 bridgehead atoms. The molecule has 1 N–H and O–H groups in total. The lowest BCUT2D eigenvalue weighted by molar-refractivity contribution is -0.132. The smallest absolute Gasteiger partial charge is 0.236 e. The lowest BCUT2D eigenvalue weighted by Crippen LogP contribution is -2.54. The molecule has 0 aliphatic carbocycles. The fourth-order valence-electron chi connectivity index (χ4n) is 3.93. The molecule has 0 spiro atoms. The van der Waals surface area contributed by atoms with E-state index in [0.717, 1.165) is 71.2 Å². The van der Waals surface area contributed by atoms with Gasteiger partial charge < -0.3 is 15.1 Å². The minimum Gasteiger partial charge on any atom is -0.354 e. The monoisotopic (exact) mass is 389 g/mol. The van der Waals surface area contributed by atoms with Crippen molar-refractivity contribution < 1.29 is 4.79 Å². The molecule has 1 aromatic heterocycles. The van der Waals surface area contributed by atoms with Crippen LogP contribution in [0.2, 0.25) is 0 Å². The molecular formula is C20H35N7O. The number of amides is 1. The Morgan fingerprint density at radius 2 is 1.79 bits per heavy atom. The number of likely N-dealkylation sites (tertiary alicyclic amines) is 1. The van der Waals surface area contributed by atoms with Crippen LogP contribution in [-0.4, -0.2) is 95.8 Å². The number of carbonyl (C=O) groups excluding carboxylic acids is 1. The highest BCUT2D eigenvalue weighted by atomic mass is 16.2. The van der Waals surface area contributed by atoms with E-state index in [2.05, 4.69) is 30.1 Å². The zero-order valence-corrected chi connectivity index (χ0v) is 17.4. The van der Waals surface area contributed by atoms with Crippen LogP contribution in [0.1, 0.15) is 31.2 Å². The van der Waals surface area contributed by atoms with E-state index in [1.54, 1.807) is 0 Å². The van der Waals surface area contributed by atoms with E-state index in [0.29, 0.717) is 12.5 Å². The van der Waals surface area contributed by atoms with Crippen molar-refractivity contribution in [2.45, 2.75) is 39.2 Å². The third-order valence-electron chi connectivity index (χ3n) is 5.59. The Labute approximate surface area is 168 Å². The average molecular weight is 390 g/mol. The molecule has 2 saturated heterocycles. The highest BCUT2D eigenvalue weighted by molar-refractivity contribution is 5.80. The highest BCUT2D eigenvalue weighted by Crippen LogP contribution is 2.11. The van der Waals surface area contributed by atoms with Crippen LogP contribution in [0.5, 0.6) is 0 Å². The lowest BCUT2D eigenvalue weighted by Gasteiger charge is -2.37. The Hall–Kier alpha value is -2.09. The van der Waals surface area contributed by atoms with Gasteiger partial charge in [0, 0.05) is 59.1 Å². The van der Waals surface area contributed by atoms with Crippen molar-refractivity contribution in [1.82, 2.24) is 29.8 Å². The topological polar surface area (TPSA) is 69.0 Å². The molecule has 156 valence electrons. The maximum absolute atomic E-state index is 12.6. The number of guanidine groups is 1. The van der Waals surface area contributed by atoms with Gasteiger partial charge in [0.15, 0.2) is 5.96 Å². The number of piperazine rings is 1. The van der Waals surface area contributed by atoms with Gasteiger partial charge in [0.05, 0.1) is 19.3 Å². The van der Waals surface area contributed by atoms with Gasteiger partial charge in [-0.2, -0.15) is 5.10 Å². The molecule has 8 nitrogen and oxygen atoms in total. The van der Waals surface area contributed by atoms with Gasteiger partial charge in [-0.05, 0) is 25.3 Å². The van der Waals surface area contributed by atoms with E-state index < -0.39 is 0 Å². The SMILES string of the molecule is CN=C(NCCn1cc(C)cn1)N1CCN(CC(=O)N2CCCCCC2)CC1. The average Bonchev–Trinajstić information content (AvgIpc) is 2.94. The molecular weight excluding hydrogens is 354 g/mol. The zero-order chi connectivity index (χ0) is 19.8. The van der Waals surface area contributed by atoms with Gasteiger partial charge in [-0.15, -0.1) is 0 Å². The van der Waals surface area contributed by atoms with Gasteiger partial charge in [-0.25, -0.2) is 0 Å². The van der Waals surface area contributed by atoms with Gasteiger partial charge in [0.25, 0.3) is 0 Å². The second kappa shape index (κ2) is 10.5. The first kappa shape index (κ1) is 20.6. The summed E-state index contributed by atoms with van der Waals surface area (Å²) in [6, 6.07) is 0. The van der Waals surface area contributed by atoms with E-state index in [9.17, 15) is 4.79 Å². The highest BCUT2D eigenvalue weighted by Gasteiger charge is 2.23. The number of rotatable bonds is 5. The molecule has 2 aliphatic rings. The molecule has 3 heterocycles. The number of aliphatic imine (C=N–C) groups is 1. The van der Waals surface area contributed by atoms with Crippen LogP contribution in [0.15, 0.2) is 17.4 Å². The molecule has 0 aromatic carbocycles. The van der Waals surface area contributed by atoms with Gasteiger partial charge in [-0.3, -0.25) is 19.4 Å². The van der Waals surface area contributed by atoms with Crippen LogP contribution in [0.25, 0.3) is 0 Å². The predicted molar refractivity (Wildman–Crippen MR) is 111 cm³/mol. The lowest BCUT2D eigenvalue weighted by atomic mass is 10.2. The number of carbonyl (C=O) groups is 1. The standard InChI is InChI=1S/C20H35N7O/c1-18-15-23-27(16-18)10-7-22-20(21-2)26-13-11-24(12-14-26)17-19(28)25-8-5-3-4-6-9-25/h15-16H,3-14,17H2,1-2H3,(H,21,22). The fraction of sp³-hybridized carbons (Fsp3) is 0.750. The molecule has 0 radical (unpaired) electrons. The second-order valence-corrected chi connectivity index (χ2v) is 7.81. The summed E-state index contributed by atoms with van der Waals surface area (Å²) < 4.78 is 1.95. The van der Waals surface area contributed by atoms with Gasteiger partial charge in [0.2, 0.25) is 5.91 Å². The number of hydrogen-bond donors (Lipinski definition) is 1. The van der Waals surface area contributed by atoms with Crippen molar-refractivity contribution in [3.63, 3.8) is 0 Å². The van der Waals surface area contributed by atoms with Crippen molar-refractivity contribution in [3.8, 4) is 0 Å². The first-order valence-corrected chi connectivity index (χ1v) is 10.6. The van der Waals surface area contributed by atoms with Crippen LogP contribution in [-0.2, 0) is 11.3 Å². The van der Waals surface area contributed by atoms with Crippen molar-refractivity contribution in [2.24, 2.45) is 4.99 Å². The summed E-state index contributed by atoms with van der Waals surface area (Å²) in [5.74, 6) is 1.23. The Kier molecular flexibility index (Phi) is 7.71. The summed E-state index contributed by atoms with van der Waals surface area (Å²) in [6.07, 6.45) is 8.74. The maximum Gasteiger partial charge on any atom is 0.236 e. The van der Waals surface area contributed by atoms with Crippen LogP contribution < -0.4 is 5.32 Å². The first-order chi connectivity index (χ1) is 13.7. The third kappa shape index (κ3) is 5.95. The molecule has 1 amide bonds. The summed E-state index contributed by atoms with van der Waals surface area (Å²) in [4.78, 5) is 23.6. The predicted octanol–water partition coefficient (Wildman–Crippen LogP) is 0.787. The van der Waals surface area contributed by atoms with Crippen LogP contribution >= 0.6 is 0 Å². The summed E-state index contributed by atoms with van der Waals surface area (Å²) >= 11 is 0. The first-order valence-electron chi connectivity index (χ1n) is 10.6. The number of nitrogens with one attached hydrogen (secondary N) is 1. The van der Waals surface area contributed by atoms with Crippen LogP contribution in [0.3, 0.4) is 0 Å². The molecule has 0 atom stereocenters. The Balaban J connectivity index is 1.38. The fourth-order valence-corrected chi connectivity index (χ4v) is 3.93. The molecule has 0 saturated carbocycles. The minimum absolute atomic E-state index is 0.298. The maximum atomic E-state index is 12.6. The summed E-state index contributed by atoms with van der Waals surface area (Å²) in [7, 11) is 1.83. The molecule has 2 fully saturated rings. The molecule has 1 aromatic rings. The molecule has 8 heteroatoms. The normalized spacial score (nSPS) is 19.6. The van der Waals surface area contributed by atoms with Crippen molar-refractivity contribution in [3.05, 3.63) is 18.0 Å². The zero-order valence-electron chi connectivity index (χ0n) is 17.4. The summed E-state index contributed by atoms with van der Waals surface area (Å²) in [5, 5.41) is 7.75. The van der Waals surface area contributed by atoms with E-state index in [-0.39, 0.29) is 0 Å². The molecule has 28 heavy (non-hydrogen) atoms. The third-order valence-corrected chi connectivity index (χ3v) is 5.59. The van der Waals surface area contributed by atoms with Crippen LogP contribution in [0, 0.1) is 6.92 Å². The van der Waals surface area contributed by atoms with E-state index in [1.807, 2.05) is 31.0 Å². The Morgan fingerprint density at radius 1 is 1.07 bits per heavy atom. The van der Waals surface area contributed by atoms with E-state index in [1.165, 1.54) is 18.4 Å². The van der Waals surface area contributed by atoms with Crippen molar-refractivity contribution in [2.75, 3.05) is 59.4 Å². The summed E-state index contributed by atoms with van der Waals surface area (Å²) in [5.41, 5.74) is 1.18. The number of aromatic nitrogens is 2. The van der Waals surface area contributed by atoms with Crippen molar-refractivity contribution in [1.29, 1.82) is 0 Å². The quantitative estimate of drug-likeness (QED) is 0.596. The Bertz CT molecular complexity index is 641. The van der Waals surface area contributed by atoms with Gasteiger partial charge >= 0.3 is 0 Å². The number of aryl methyl sites for hydroxylation is 1. The Morgan fingerprint density at radius 3 is 2.39 bits per heavy atom. The molecule has 0 unspecified atom stereocenters. The van der Waals surface area contributed by atoms with E-state index in [4.69, 9.17) is 0 Å².